The molecular weight excluding hydrogens is 212 g/mol. The molecule has 100 valence electrons. The van der Waals surface area contributed by atoms with Gasteiger partial charge >= 0.3 is 0 Å². The van der Waals surface area contributed by atoms with Crippen LogP contribution in [0.3, 0.4) is 0 Å². The lowest BCUT2D eigenvalue weighted by Gasteiger charge is -2.30. The number of carbonyl (C=O) groups is 1. The average molecular weight is 240 g/mol. The molecule has 0 aromatic rings. The minimum atomic E-state index is 0.0280. The molecule has 0 saturated carbocycles. The first-order chi connectivity index (χ1) is 8.08. The number of hydrogen-bond donors (Lipinski definition) is 2. The fourth-order valence-electron chi connectivity index (χ4n) is 2.39. The summed E-state index contributed by atoms with van der Waals surface area (Å²) in [6.07, 6.45) is 4.50. The van der Waals surface area contributed by atoms with Crippen molar-refractivity contribution >= 4 is 5.91 Å². The Hall–Kier alpha value is -0.570. The van der Waals surface area contributed by atoms with E-state index in [9.17, 15) is 4.79 Å². The smallest absolute Gasteiger partial charge is 0.237 e. The summed E-state index contributed by atoms with van der Waals surface area (Å²) in [5.74, 6) is 1.45. The van der Waals surface area contributed by atoms with Crippen molar-refractivity contribution in [3.63, 3.8) is 0 Å². The Morgan fingerprint density at radius 3 is 2.71 bits per heavy atom. The Morgan fingerprint density at radius 1 is 1.41 bits per heavy atom. The van der Waals surface area contributed by atoms with Gasteiger partial charge in [0, 0.05) is 6.04 Å². The van der Waals surface area contributed by atoms with Crippen LogP contribution in [0.2, 0.25) is 0 Å². The number of carbonyl (C=O) groups excluding carboxylic acids is 1. The molecule has 3 nitrogen and oxygen atoms in total. The number of nitrogens with one attached hydrogen (secondary N) is 2. The third kappa shape index (κ3) is 4.30. The number of piperidine rings is 1. The van der Waals surface area contributed by atoms with Gasteiger partial charge < -0.3 is 10.6 Å². The van der Waals surface area contributed by atoms with E-state index in [-0.39, 0.29) is 18.0 Å². The monoisotopic (exact) mass is 240 g/mol. The Kier molecular flexibility index (Phi) is 5.96. The summed E-state index contributed by atoms with van der Waals surface area (Å²) in [6.45, 7) is 9.65. The molecule has 0 bridgehead atoms. The zero-order valence-electron chi connectivity index (χ0n) is 11.8. The molecule has 1 aliphatic heterocycles. The maximum Gasteiger partial charge on any atom is 0.237 e. The van der Waals surface area contributed by atoms with E-state index in [1.807, 2.05) is 0 Å². The molecule has 1 aliphatic rings. The van der Waals surface area contributed by atoms with Crippen LogP contribution in [0.4, 0.5) is 0 Å². The van der Waals surface area contributed by atoms with Gasteiger partial charge in [0.25, 0.3) is 0 Å². The first-order valence-corrected chi connectivity index (χ1v) is 7.12. The first-order valence-electron chi connectivity index (χ1n) is 7.12. The summed E-state index contributed by atoms with van der Waals surface area (Å²) in [5, 5.41) is 6.48. The van der Waals surface area contributed by atoms with Gasteiger partial charge in [-0.05, 0) is 38.1 Å². The third-order valence-electron chi connectivity index (χ3n) is 4.27. The summed E-state index contributed by atoms with van der Waals surface area (Å²) >= 11 is 0. The van der Waals surface area contributed by atoms with Gasteiger partial charge in [-0.3, -0.25) is 4.79 Å². The normalized spacial score (nSPS) is 28.5. The van der Waals surface area contributed by atoms with Gasteiger partial charge in [-0.15, -0.1) is 0 Å². The molecule has 0 aromatic carbocycles. The molecule has 0 spiro atoms. The average Bonchev–Trinajstić information content (AvgIpc) is 2.37. The van der Waals surface area contributed by atoms with Crippen molar-refractivity contribution in [2.24, 2.45) is 11.8 Å². The molecule has 2 N–H and O–H groups in total. The molecule has 1 fully saturated rings. The van der Waals surface area contributed by atoms with Gasteiger partial charge in [-0.2, -0.15) is 0 Å². The van der Waals surface area contributed by atoms with Gasteiger partial charge in [-0.25, -0.2) is 0 Å². The fraction of sp³-hybridized carbons (Fsp3) is 0.929. The number of rotatable bonds is 5. The molecule has 17 heavy (non-hydrogen) atoms. The van der Waals surface area contributed by atoms with Crippen LogP contribution in [0.25, 0.3) is 0 Å². The molecule has 0 aromatic heterocycles. The fourth-order valence-corrected chi connectivity index (χ4v) is 2.39. The number of hydrogen-bond acceptors (Lipinski definition) is 2. The second kappa shape index (κ2) is 7.00. The highest BCUT2D eigenvalue weighted by atomic mass is 16.2. The van der Waals surface area contributed by atoms with Crippen molar-refractivity contribution in [2.45, 2.75) is 65.5 Å². The van der Waals surface area contributed by atoms with Gasteiger partial charge in [-0.1, -0.05) is 33.6 Å². The minimum absolute atomic E-state index is 0.0280. The van der Waals surface area contributed by atoms with Gasteiger partial charge in [0.1, 0.15) is 0 Å². The zero-order chi connectivity index (χ0) is 12.8. The van der Waals surface area contributed by atoms with Crippen LogP contribution < -0.4 is 10.6 Å². The van der Waals surface area contributed by atoms with E-state index < -0.39 is 0 Å². The van der Waals surface area contributed by atoms with E-state index in [0.29, 0.717) is 11.8 Å². The highest BCUT2D eigenvalue weighted by Crippen LogP contribution is 2.19. The van der Waals surface area contributed by atoms with Gasteiger partial charge in [0.15, 0.2) is 0 Å². The highest BCUT2D eigenvalue weighted by Gasteiger charge is 2.27. The lowest BCUT2D eigenvalue weighted by Crippen LogP contribution is -2.51. The van der Waals surface area contributed by atoms with Crippen LogP contribution >= 0.6 is 0 Å². The standard InChI is InChI=1S/C14H28N2O/c1-5-10(3)11(4)16-14(17)13-9-12(6-2)7-8-15-13/h10-13,15H,5-9H2,1-4H3,(H,16,17). The Labute approximate surface area is 106 Å². The maximum atomic E-state index is 12.1. The van der Waals surface area contributed by atoms with Crippen LogP contribution in [-0.2, 0) is 4.79 Å². The molecule has 1 rings (SSSR count). The Morgan fingerprint density at radius 2 is 2.12 bits per heavy atom. The molecule has 3 heteroatoms. The van der Waals surface area contributed by atoms with E-state index in [1.54, 1.807) is 0 Å². The van der Waals surface area contributed by atoms with Crippen molar-refractivity contribution < 1.29 is 4.79 Å². The van der Waals surface area contributed by atoms with Gasteiger partial charge in [0.2, 0.25) is 5.91 Å². The Balaban J connectivity index is 2.41. The highest BCUT2D eigenvalue weighted by molar-refractivity contribution is 5.82. The molecular formula is C14H28N2O. The zero-order valence-corrected chi connectivity index (χ0v) is 11.8. The summed E-state index contributed by atoms with van der Waals surface area (Å²) in [5.41, 5.74) is 0. The summed E-state index contributed by atoms with van der Waals surface area (Å²) < 4.78 is 0. The van der Waals surface area contributed by atoms with E-state index >= 15 is 0 Å². The lowest BCUT2D eigenvalue weighted by atomic mass is 9.89. The van der Waals surface area contributed by atoms with E-state index in [2.05, 4.69) is 38.3 Å². The van der Waals surface area contributed by atoms with Crippen LogP contribution in [0.1, 0.15) is 53.4 Å². The maximum absolute atomic E-state index is 12.1. The molecule has 1 saturated heterocycles. The second-order valence-electron chi connectivity index (χ2n) is 5.49. The molecule has 1 heterocycles. The van der Waals surface area contributed by atoms with Crippen molar-refractivity contribution in [1.82, 2.24) is 10.6 Å². The van der Waals surface area contributed by atoms with E-state index in [0.717, 1.165) is 19.4 Å². The van der Waals surface area contributed by atoms with Crippen molar-refractivity contribution in [3.05, 3.63) is 0 Å². The van der Waals surface area contributed by atoms with Gasteiger partial charge in [0.05, 0.1) is 6.04 Å². The van der Waals surface area contributed by atoms with Crippen LogP contribution in [0.15, 0.2) is 0 Å². The van der Waals surface area contributed by atoms with Crippen molar-refractivity contribution in [3.8, 4) is 0 Å². The summed E-state index contributed by atoms with van der Waals surface area (Å²) in [4.78, 5) is 12.1. The predicted molar refractivity (Wildman–Crippen MR) is 71.9 cm³/mol. The van der Waals surface area contributed by atoms with Crippen LogP contribution in [-0.4, -0.2) is 24.5 Å². The van der Waals surface area contributed by atoms with Crippen LogP contribution in [0, 0.1) is 11.8 Å². The molecule has 0 aliphatic carbocycles. The van der Waals surface area contributed by atoms with Crippen LogP contribution in [0.5, 0.6) is 0 Å². The summed E-state index contributed by atoms with van der Waals surface area (Å²) in [6, 6.07) is 0.302. The lowest BCUT2D eigenvalue weighted by molar-refractivity contribution is -0.125. The predicted octanol–water partition coefficient (Wildman–Crippen LogP) is 2.32. The first kappa shape index (κ1) is 14.5. The second-order valence-corrected chi connectivity index (χ2v) is 5.49. The SMILES string of the molecule is CCC1CCNC(C(=O)NC(C)C(C)CC)C1. The topological polar surface area (TPSA) is 41.1 Å². The molecule has 0 radical (unpaired) electrons. The molecule has 4 atom stereocenters. The minimum Gasteiger partial charge on any atom is -0.352 e. The van der Waals surface area contributed by atoms with E-state index in [1.165, 1.54) is 12.8 Å². The molecule has 4 unspecified atom stereocenters. The third-order valence-corrected chi connectivity index (χ3v) is 4.27. The quantitative estimate of drug-likeness (QED) is 0.774. The van der Waals surface area contributed by atoms with Crippen molar-refractivity contribution in [1.29, 1.82) is 0 Å². The van der Waals surface area contributed by atoms with Crippen molar-refractivity contribution in [2.75, 3.05) is 6.54 Å². The number of amides is 1. The largest absolute Gasteiger partial charge is 0.352 e. The summed E-state index contributed by atoms with van der Waals surface area (Å²) in [7, 11) is 0. The molecule has 1 amide bonds. The van der Waals surface area contributed by atoms with E-state index in [4.69, 9.17) is 0 Å². The Bertz CT molecular complexity index is 242.